The summed E-state index contributed by atoms with van der Waals surface area (Å²) in [5, 5.41) is 3.07. The second-order valence-electron chi connectivity index (χ2n) is 3.37. The first kappa shape index (κ1) is 12.2. The molecular weight excluding hydrogens is 192 g/mol. The van der Waals surface area contributed by atoms with Crippen LogP contribution in [0.15, 0.2) is 10.6 Å². The van der Waals surface area contributed by atoms with Gasteiger partial charge in [0.15, 0.2) is 5.89 Å². The van der Waals surface area contributed by atoms with E-state index in [0.717, 1.165) is 50.7 Å². The fourth-order valence-corrected chi connectivity index (χ4v) is 1.30. The number of oxazole rings is 1. The molecule has 0 atom stereocenters. The summed E-state index contributed by atoms with van der Waals surface area (Å²) in [4.78, 5) is 4.21. The summed E-state index contributed by atoms with van der Waals surface area (Å²) in [6.45, 7) is 4.48. The Hall–Kier alpha value is -0.870. The minimum absolute atomic E-state index is 0.782. The standard InChI is InChI=1S/C11H20N2O2/c1-3-14-8-4-5-10-9-13-11(15-10)6-7-12-2/h9,12H,3-8H2,1-2H3. The number of ether oxygens (including phenoxy) is 1. The molecule has 1 aromatic heterocycles. The molecule has 0 amide bonds. The maximum absolute atomic E-state index is 5.56. The average molecular weight is 212 g/mol. The van der Waals surface area contributed by atoms with Crippen LogP contribution in [-0.4, -0.2) is 31.8 Å². The molecule has 15 heavy (non-hydrogen) atoms. The fraction of sp³-hybridized carbons (Fsp3) is 0.727. The molecule has 0 saturated carbocycles. The van der Waals surface area contributed by atoms with Crippen molar-refractivity contribution in [2.24, 2.45) is 0 Å². The number of nitrogens with one attached hydrogen (secondary N) is 1. The lowest BCUT2D eigenvalue weighted by atomic mass is 10.3. The molecule has 0 aliphatic carbocycles. The third-order valence-electron chi connectivity index (χ3n) is 2.11. The lowest BCUT2D eigenvalue weighted by Crippen LogP contribution is -2.10. The van der Waals surface area contributed by atoms with Gasteiger partial charge >= 0.3 is 0 Å². The summed E-state index contributed by atoms with van der Waals surface area (Å²) >= 11 is 0. The van der Waals surface area contributed by atoms with Gasteiger partial charge in [0, 0.05) is 32.6 Å². The van der Waals surface area contributed by atoms with Gasteiger partial charge < -0.3 is 14.5 Å². The second kappa shape index (κ2) is 7.43. The summed E-state index contributed by atoms with van der Waals surface area (Å²) in [6, 6.07) is 0. The van der Waals surface area contributed by atoms with Crippen LogP contribution in [0.5, 0.6) is 0 Å². The van der Waals surface area contributed by atoms with E-state index in [0.29, 0.717) is 0 Å². The maximum atomic E-state index is 5.56. The Labute approximate surface area is 91.0 Å². The van der Waals surface area contributed by atoms with E-state index in [1.54, 1.807) is 0 Å². The molecule has 4 heteroatoms. The monoisotopic (exact) mass is 212 g/mol. The smallest absolute Gasteiger partial charge is 0.195 e. The zero-order valence-electron chi connectivity index (χ0n) is 9.58. The highest BCUT2D eigenvalue weighted by Crippen LogP contribution is 2.06. The Balaban J connectivity index is 2.20. The molecule has 1 rings (SSSR count). The quantitative estimate of drug-likeness (QED) is 0.662. The van der Waals surface area contributed by atoms with Gasteiger partial charge in [-0.1, -0.05) is 0 Å². The van der Waals surface area contributed by atoms with Crippen molar-refractivity contribution < 1.29 is 9.15 Å². The normalized spacial score (nSPS) is 10.8. The molecule has 0 bridgehead atoms. The Morgan fingerprint density at radius 2 is 2.33 bits per heavy atom. The highest BCUT2D eigenvalue weighted by Gasteiger charge is 2.02. The van der Waals surface area contributed by atoms with Crippen molar-refractivity contribution in [3.63, 3.8) is 0 Å². The third-order valence-corrected chi connectivity index (χ3v) is 2.11. The summed E-state index contributed by atoms with van der Waals surface area (Å²) in [7, 11) is 1.92. The van der Waals surface area contributed by atoms with E-state index in [9.17, 15) is 0 Å². The Kier molecular flexibility index (Phi) is 6.04. The number of hydrogen-bond acceptors (Lipinski definition) is 4. The van der Waals surface area contributed by atoms with Crippen molar-refractivity contribution >= 4 is 0 Å². The van der Waals surface area contributed by atoms with Crippen LogP contribution in [0.1, 0.15) is 25.0 Å². The first-order valence-corrected chi connectivity index (χ1v) is 5.52. The van der Waals surface area contributed by atoms with Crippen LogP contribution in [0.3, 0.4) is 0 Å². The van der Waals surface area contributed by atoms with Crippen molar-refractivity contribution in [3.8, 4) is 0 Å². The van der Waals surface area contributed by atoms with Crippen molar-refractivity contribution in [2.75, 3.05) is 26.8 Å². The molecule has 4 nitrogen and oxygen atoms in total. The minimum Gasteiger partial charge on any atom is -0.446 e. The van der Waals surface area contributed by atoms with Crippen LogP contribution >= 0.6 is 0 Å². The van der Waals surface area contributed by atoms with Crippen LogP contribution in [0.2, 0.25) is 0 Å². The van der Waals surface area contributed by atoms with Crippen LogP contribution in [0, 0.1) is 0 Å². The van der Waals surface area contributed by atoms with Gasteiger partial charge in [-0.05, 0) is 20.4 Å². The predicted octanol–water partition coefficient (Wildman–Crippen LogP) is 1.41. The van der Waals surface area contributed by atoms with Crippen LogP contribution in [0.25, 0.3) is 0 Å². The van der Waals surface area contributed by atoms with E-state index in [1.807, 2.05) is 20.2 Å². The molecule has 0 radical (unpaired) electrons. The summed E-state index contributed by atoms with van der Waals surface area (Å²) in [6.07, 6.45) is 4.57. The topological polar surface area (TPSA) is 47.3 Å². The van der Waals surface area contributed by atoms with Gasteiger partial charge in [0.1, 0.15) is 5.76 Å². The Morgan fingerprint density at radius 1 is 1.47 bits per heavy atom. The van der Waals surface area contributed by atoms with E-state index in [-0.39, 0.29) is 0 Å². The number of likely N-dealkylation sites (N-methyl/N-ethyl adjacent to an activating group) is 1. The van der Waals surface area contributed by atoms with Gasteiger partial charge in [-0.15, -0.1) is 0 Å². The molecule has 0 fully saturated rings. The van der Waals surface area contributed by atoms with Gasteiger partial charge in [0.05, 0.1) is 6.20 Å². The van der Waals surface area contributed by atoms with E-state index in [2.05, 4.69) is 10.3 Å². The first-order valence-electron chi connectivity index (χ1n) is 5.52. The fourth-order valence-electron chi connectivity index (χ4n) is 1.30. The largest absolute Gasteiger partial charge is 0.446 e. The van der Waals surface area contributed by atoms with Gasteiger partial charge in [-0.25, -0.2) is 4.98 Å². The van der Waals surface area contributed by atoms with Crippen molar-refractivity contribution in [1.82, 2.24) is 10.3 Å². The molecule has 0 aliphatic heterocycles. The van der Waals surface area contributed by atoms with Crippen molar-refractivity contribution in [3.05, 3.63) is 17.8 Å². The zero-order valence-corrected chi connectivity index (χ0v) is 9.58. The highest BCUT2D eigenvalue weighted by atomic mass is 16.5. The summed E-state index contributed by atoms with van der Waals surface area (Å²) in [5.41, 5.74) is 0. The van der Waals surface area contributed by atoms with Gasteiger partial charge in [0.25, 0.3) is 0 Å². The molecule has 0 spiro atoms. The molecule has 0 unspecified atom stereocenters. The molecule has 0 aliphatic rings. The van der Waals surface area contributed by atoms with Crippen molar-refractivity contribution in [2.45, 2.75) is 26.2 Å². The number of nitrogens with zero attached hydrogens (tertiary/aromatic N) is 1. The number of hydrogen-bond donors (Lipinski definition) is 1. The molecule has 1 aromatic rings. The Morgan fingerprint density at radius 3 is 3.07 bits per heavy atom. The van der Waals surface area contributed by atoms with Gasteiger partial charge in [-0.2, -0.15) is 0 Å². The predicted molar refractivity (Wildman–Crippen MR) is 58.9 cm³/mol. The van der Waals surface area contributed by atoms with Gasteiger partial charge in [-0.3, -0.25) is 0 Å². The number of aryl methyl sites for hydroxylation is 1. The molecule has 0 saturated heterocycles. The van der Waals surface area contributed by atoms with Crippen LogP contribution in [0.4, 0.5) is 0 Å². The highest BCUT2D eigenvalue weighted by molar-refractivity contribution is 4.94. The SMILES string of the molecule is CCOCCCc1cnc(CCNC)o1. The number of rotatable bonds is 8. The summed E-state index contributed by atoms with van der Waals surface area (Å²) in [5.74, 6) is 1.77. The van der Waals surface area contributed by atoms with Crippen LogP contribution in [-0.2, 0) is 17.6 Å². The Bertz CT molecular complexity index is 261. The maximum Gasteiger partial charge on any atom is 0.195 e. The van der Waals surface area contributed by atoms with Gasteiger partial charge in [0.2, 0.25) is 0 Å². The van der Waals surface area contributed by atoms with Crippen molar-refractivity contribution in [1.29, 1.82) is 0 Å². The van der Waals surface area contributed by atoms with E-state index in [1.165, 1.54) is 0 Å². The van der Waals surface area contributed by atoms with E-state index < -0.39 is 0 Å². The third kappa shape index (κ3) is 4.95. The minimum atomic E-state index is 0.782. The van der Waals surface area contributed by atoms with E-state index in [4.69, 9.17) is 9.15 Å². The molecular formula is C11H20N2O2. The average Bonchev–Trinajstić information content (AvgIpc) is 2.69. The second-order valence-corrected chi connectivity index (χ2v) is 3.37. The zero-order chi connectivity index (χ0) is 10.9. The molecule has 1 N–H and O–H groups in total. The lowest BCUT2D eigenvalue weighted by molar-refractivity contribution is 0.144. The molecule has 1 heterocycles. The summed E-state index contributed by atoms with van der Waals surface area (Å²) < 4.78 is 10.8. The first-order chi connectivity index (χ1) is 7.36. The van der Waals surface area contributed by atoms with E-state index >= 15 is 0 Å². The number of aromatic nitrogens is 1. The lowest BCUT2D eigenvalue weighted by Gasteiger charge is -1.98. The van der Waals surface area contributed by atoms with Crippen LogP contribution < -0.4 is 5.32 Å². The molecule has 0 aromatic carbocycles. The molecule has 86 valence electrons.